The fourth-order valence-corrected chi connectivity index (χ4v) is 0.112. The summed E-state index contributed by atoms with van der Waals surface area (Å²) in [6.45, 7) is 1.11. The van der Waals surface area contributed by atoms with Crippen LogP contribution in [0.15, 0.2) is 0 Å². The van der Waals surface area contributed by atoms with E-state index in [0.29, 0.717) is 13.1 Å². The lowest BCUT2D eigenvalue weighted by atomic mass is 10.7. The van der Waals surface area contributed by atoms with Gasteiger partial charge in [-0.15, -0.1) is 0 Å². The van der Waals surface area contributed by atoms with Crippen LogP contribution in [0.4, 0.5) is 0 Å². The first-order valence-corrected chi connectivity index (χ1v) is 1.62. The minimum absolute atomic E-state index is 0.427. The van der Waals surface area contributed by atoms with E-state index in [4.69, 9.17) is 5.73 Å². The summed E-state index contributed by atoms with van der Waals surface area (Å²) in [7, 11) is 1.72. The molecule has 0 aliphatic rings. The van der Waals surface area contributed by atoms with Crippen LogP contribution in [0.3, 0.4) is 0 Å². The molecule has 0 saturated heterocycles. The molecule has 2 nitrogen and oxygen atoms in total. The lowest BCUT2D eigenvalue weighted by Crippen LogP contribution is -2.03. The molecule has 0 aromatic rings. The van der Waals surface area contributed by atoms with Gasteiger partial charge in [-0.3, -0.25) is 5.73 Å². The van der Waals surface area contributed by atoms with Gasteiger partial charge in [-0.05, 0) is 0 Å². The molecule has 0 bridgehead atoms. The van der Waals surface area contributed by atoms with Crippen molar-refractivity contribution >= 4 is 0 Å². The molecule has 30 valence electrons. The molecule has 0 aromatic heterocycles. The number of hydrogen-bond acceptors (Lipinski definition) is 0. The molecule has 0 fully saturated rings. The molecule has 0 heterocycles. The summed E-state index contributed by atoms with van der Waals surface area (Å²) in [4.78, 5) is 0. The van der Waals surface area contributed by atoms with Gasteiger partial charge >= 0.3 is 0 Å². The van der Waals surface area contributed by atoms with Gasteiger partial charge in [-0.2, -0.15) is 0 Å². The van der Waals surface area contributed by atoms with Crippen molar-refractivity contribution in [3.8, 4) is 0 Å². The van der Waals surface area contributed by atoms with Crippen molar-refractivity contribution in [2.45, 2.75) is 0 Å². The summed E-state index contributed by atoms with van der Waals surface area (Å²) >= 11 is 0. The highest BCUT2D eigenvalue weighted by Gasteiger charge is 1.67. The Bertz CT molecular complexity index is 12.4. The van der Waals surface area contributed by atoms with Crippen LogP contribution in [0.2, 0.25) is 0 Å². The average Bonchev–Trinajstić information content (AvgIpc) is 1.41. The van der Waals surface area contributed by atoms with Crippen LogP contribution in [0.5, 0.6) is 0 Å². The van der Waals surface area contributed by atoms with Crippen LogP contribution in [-0.4, -0.2) is 20.1 Å². The second-order valence-electron chi connectivity index (χ2n) is 0.790. The number of rotatable bonds is 2. The van der Waals surface area contributed by atoms with Gasteiger partial charge in [-0.1, -0.05) is 0 Å². The smallest absolute Gasteiger partial charge is 0.0269 e. The topological polar surface area (TPSA) is 37.9 Å². The Kier molecular flexibility index (Phi) is 3.86. The maximum absolute atomic E-state index is 6.51. The highest BCUT2D eigenvalue weighted by Crippen LogP contribution is 1.45. The zero-order chi connectivity index (χ0) is 4.12. The molecular weight excluding hydrogens is 64.0 g/mol. The molecule has 5 heavy (non-hydrogen) atoms. The molecule has 0 aliphatic carbocycles. The van der Waals surface area contributed by atoms with Crippen molar-refractivity contribution in [2.24, 2.45) is 0 Å². The van der Waals surface area contributed by atoms with E-state index >= 15 is 0 Å². The fourth-order valence-electron chi connectivity index (χ4n) is 0.112. The van der Waals surface area contributed by atoms with Gasteiger partial charge in [0.25, 0.3) is 0 Å². The zero-order valence-corrected chi connectivity index (χ0v) is 3.36. The molecule has 0 rings (SSSR count). The highest BCUT2D eigenvalue weighted by atomic mass is 14.8. The number of nitrogens with zero attached hydrogens (tertiary/aromatic N) is 1. The summed E-state index contributed by atoms with van der Waals surface area (Å²) in [5.74, 6) is 0. The second kappa shape index (κ2) is 3.92. The minimum atomic E-state index is 0.427. The van der Waals surface area contributed by atoms with Gasteiger partial charge in [0, 0.05) is 20.1 Å². The van der Waals surface area contributed by atoms with E-state index in [0.717, 1.165) is 0 Å². The quantitative estimate of drug-likeness (QED) is 0.422. The van der Waals surface area contributed by atoms with Crippen molar-refractivity contribution in [1.82, 2.24) is 11.1 Å². The predicted octanol–water partition coefficient (Wildman–Crippen LogP) is -0.496. The van der Waals surface area contributed by atoms with Crippen molar-refractivity contribution in [3.63, 3.8) is 0 Å². The molecular formula is C3H8N2. The third-order valence-corrected chi connectivity index (χ3v) is 0.335. The van der Waals surface area contributed by atoms with Gasteiger partial charge in [0.05, 0.1) is 0 Å². The highest BCUT2D eigenvalue weighted by molar-refractivity contribution is 4.31. The maximum atomic E-state index is 6.51. The Balaban J connectivity index is 2.19. The third kappa shape index (κ3) is 3.92. The standard InChI is InChI=1S/C3H8N2/c1-5-3-2-4/h4H,2-3H2,1H3. The number of nitrogens with one attached hydrogen (secondary N) is 1. The van der Waals surface area contributed by atoms with Crippen LogP contribution < -0.4 is 11.1 Å². The number of hydrogen-bond donors (Lipinski definition) is 0. The Hall–Kier alpha value is -0.0800. The van der Waals surface area contributed by atoms with Gasteiger partial charge in [0.1, 0.15) is 0 Å². The van der Waals surface area contributed by atoms with E-state index in [2.05, 4.69) is 5.32 Å². The Morgan fingerprint density at radius 3 is 2.40 bits per heavy atom. The van der Waals surface area contributed by atoms with Gasteiger partial charge in [0.15, 0.2) is 0 Å². The zero-order valence-electron chi connectivity index (χ0n) is 3.36. The molecule has 0 unspecified atom stereocenters. The van der Waals surface area contributed by atoms with Crippen molar-refractivity contribution in [3.05, 3.63) is 0 Å². The van der Waals surface area contributed by atoms with Crippen LogP contribution in [-0.2, 0) is 0 Å². The largest absolute Gasteiger partial charge is 0.256 e. The third-order valence-electron chi connectivity index (χ3n) is 0.335. The monoisotopic (exact) mass is 72.1 g/mol. The molecule has 0 aliphatic heterocycles. The summed E-state index contributed by atoms with van der Waals surface area (Å²) < 4.78 is 0. The normalized spacial score (nSPS) is 8.40. The molecule has 2 heteroatoms. The van der Waals surface area contributed by atoms with Gasteiger partial charge < -0.3 is 0 Å². The second-order valence-corrected chi connectivity index (χ2v) is 0.790. The molecule has 0 atom stereocenters. The SMILES string of the molecule is C[N]CC[NH]. The first-order chi connectivity index (χ1) is 2.41. The number of likely N-dealkylation sites (N-methyl/N-ethyl adjacent to an activating group) is 1. The van der Waals surface area contributed by atoms with Gasteiger partial charge in [-0.25, -0.2) is 5.32 Å². The van der Waals surface area contributed by atoms with Crippen molar-refractivity contribution < 1.29 is 0 Å². The van der Waals surface area contributed by atoms with E-state index in [1.807, 2.05) is 0 Å². The molecule has 1 N–H and O–H groups in total. The lowest BCUT2D eigenvalue weighted by molar-refractivity contribution is 0.776. The molecule has 2 radical (unpaired) electrons. The Morgan fingerprint density at radius 2 is 2.40 bits per heavy atom. The van der Waals surface area contributed by atoms with Crippen LogP contribution >= 0.6 is 0 Å². The Morgan fingerprint density at radius 1 is 1.80 bits per heavy atom. The first-order valence-electron chi connectivity index (χ1n) is 1.62. The first kappa shape index (κ1) is 4.92. The van der Waals surface area contributed by atoms with Crippen molar-refractivity contribution in [2.75, 3.05) is 20.1 Å². The van der Waals surface area contributed by atoms with Crippen LogP contribution in [0, 0.1) is 0 Å². The van der Waals surface area contributed by atoms with E-state index in [9.17, 15) is 0 Å². The molecule has 0 spiro atoms. The summed E-state index contributed by atoms with van der Waals surface area (Å²) in [6.07, 6.45) is 0. The predicted molar refractivity (Wildman–Crippen MR) is 20.9 cm³/mol. The summed E-state index contributed by atoms with van der Waals surface area (Å²) in [5.41, 5.74) is 6.51. The van der Waals surface area contributed by atoms with Crippen molar-refractivity contribution in [1.29, 1.82) is 0 Å². The summed E-state index contributed by atoms with van der Waals surface area (Å²) in [5, 5.41) is 3.67. The minimum Gasteiger partial charge on any atom is -0.256 e. The van der Waals surface area contributed by atoms with Crippen LogP contribution in [0.25, 0.3) is 0 Å². The molecule has 0 amide bonds. The Labute approximate surface area is 32.4 Å². The maximum Gasteiger partial charge on any atom is 0.0269 e. The van der Waals surface area contributed by atoms with E-state index < -0.39 is 0 Å². The fraction of sp³-hybridized carbons (Fsp3) is 1.00. The summed E-state index contributed by atoms with van der Waals surface area (Å²) in [6, 6.07) is 0. The van der Waals surface area contributed by atoms with Crippen LogP contribution in [0.1, 0.15) is 0 Å². The van der Waals surface area contributed by atoms with Gasteiger partial charge in [0.2, 0.25) is 0 Å². The van der Waals surface area contributed by atoms with E-state index in [1.54, 1.807) is 7.05 Å². The van der Waals surface area contributed by atoms with E-state index in [-0.39, 0.29) is 0 Å². The lowest BCUT2D eigenvalue weighted by Gasteiger charge is -1.81. The molecule has 0 saturated carbocycles. The van der Waals surface area contributed by atoms with E-state index in [1.165, 1.54) is 0 Å². The molecule has 0 aromatic carbocycles. The average molecular weight is 72.1 g/mol.